The van der Waals surface area contributed by atoms with E-state index in [4.69, 9.17) is 5.21 Å². The number of rotatable bonds is 6. The Morgan fingerprint density at radius 2 is 1.61 bits per heavy atom. The Hall–Kier alpha value is -2.16. The molecule has 164 valence electrons. The van der Waals surface area contributed by atoms with Gasteiger partial charge in [-0.05, 0) is 73.3 Å². The van der Waals surface area contributed by atoms with Crippen LogP contribution in [0.25, 0.3) is 11.1 Å². The fraction of sp³-hybridized carbons (Fsp3) is 0.375. The van der Waals surface area contributed by atoms with Crippen LogP contribution in [0.1, 0.15) is 31.2 Å². The van der Waals surface area contributed by atoms with Crippen molar-refractivity contribution in [2.24, 2.45) is 0 Å². The summed E-state index contributed by atoms with van der Waals surface area (Å²) in [4.78, 5) is 14.7. The van der Waals surface area contributed by atoms with Gasteiger partial charge in [0.05, 0.1) is 17.9 Å². The molecule has 0 spiro atoms. The summed E-state index contributed by atoms with van der Waals surface area (Å²) in [7, 11) is 0. The van der Waals surface area contributed by atoms with E-state index < -0.39 is 17.3 Å². The van der Waals surface area contributed by atoms with Crippen LogP contribution in [0.4, 0.5) is 0 Å². The maximum Gasteiger partial charge on any atom is 0.270 e. The van der Waals surface area contributed by atoms with Crippen LogP contribution < -0.4 is 5.48 Å². The van der Waals surface area contributed by atoms with E-state index in [1.165, 1.54) is 37.9 Å². The van der Waals surface area contributed by atoms with E-state index in [2.05, 4.69) is 29.2 Å². The first-order chi connectivity index (χ1) is 15.1. The molecule has 2 aromatic carbocycles. The largest absolute Gasteiger partial charge is 0.593 e. The van der Waals surface area contributed by atoms with Gasteiger partial charge in [-0.15, -0.1) is 4.31 Å². The minimum absolute atomic E-state index is 0.412. The summed E-state index contributed by atoms with van der Waals surface area (Å²) < 4.78 is 14.7. The first-order valence-corrected chi connectivity index (χ1v) is 12.0. The molecule has 2 aliphatic rings. The molecule has 4 rings (SSSR count). The lowest BCUT2D eigenvalue weighted by Gasteiger charge is -2.26. The minimum atomic E-state index is -1.28. The van der Waals surface area contributed by atoms with Gasteiger partial charge in [0.15, 0.2) is 4.90 Å². The van der Waals surface area contributed by atoms with Crippen LogP contribution in [0.3, 0.4) is 0 Å². The van der Waals surface area contributed by atoms with E-state index in [1.807, 2.05) is 28.6 Å². The molecule has 2 heterocycles. The third-order valence-corrected chi connectivity index (χ3v) is 7.47. The second-order valence-electron chi connectivity index (χ2n) is 8.12. The van der Waals surface area contributed by atoms with E-state index in [-0.39, 0.29) is 0 Å². The molecule has 0 radical (unpaired) electrons. The fourth-order valence-corrected chi connectivity index (χ4v) is 5.30. The Balaban J connectivity index is 1.36. The van der Waals surface area contributed by atoms with Crippen molar-refractivity contribution in [1.29, 1.82) is 0 Å². The predicted octanol–water partition coefficient (Wildman–Crippen LogP) is 3.50. The molecule has 7 heteroatoms. The molecule has 1 saturated heterocycles. The molecule has 0 saturated carbocycles. The lowest BCUT2D eigenvalue weighted by atomic mass is 10.0. The Kier molecular flexibility index (Phi) is 7.42. The van der Waals surface area contributed by atoms with E-state index in [0.29, 0.717) is 25.1 Å². The van der Waals surface area contributed by atoms with Gasteiger partial charge < -0.3 is 4.55 Å². The maximum absolute atomic E-state index is 12.9. The van der Waals surface area contributed by atoms with Gasteiger partial charge in [0.1, 0.15) is 0 Å². The number of benzene rings is 2. The molecule has 2 aliphatic heterocycles. The number of hydrogen-bond donors (Lipinski definition) is 2. The number of carbonyl (C=O) groups is 1. The number of hydroxylamine groups is 1. The molecule has 0 bridgehead atoms. The average molecular weight is 440 g/mol. The lowest BCUT2D eigenvalue weighted by molar-refractivity contribution is -0.125. The second-order valence-corrected chi connectivity index (χ2v) is 9.60. The molecule has 6 nitrogen and oxygen atoms in total. The standard InChI is InChI=1S/C24H29N3O3S/c28-24(25-29)22-12-16-27(17-13-22)31(30)23-10-8-21(9-11-23)20-6-4-19(5-7-20)18-26-14-2-1-3-15-26/h4-12,29H,1-3,13-18H2,(H,25,28). The molecule has 2 N–H and O–H groups in total. The Bertz CT molecular complexity index is 909. The van der Waals surface area contributed by atoms with Gasteiger partial charge in [-0.3, -0.25) is 14.9 Å². The molecular weight excluding hydrogens is 410 g/mol. The summed E-state index contributed by atoms with van der Waals surface area (Å²) >= 11 is -1.28. The highest BCUT2D eigenvalue weighted by molar-refractivity contribution is 7.89. The normalized spacial score (nSPS) is 19.0. The Morgan fingerprint density at radius 1 is 0.968 bits per heavy atom. The lowest BCUT2D eigenvalue weighted by Crippen LogP contribution is -2.37. The number of likely N-dealkylation sites (tertiary alicyclic amines) is 1. The van der Waals surface area contributed by atoms with Crippen molar-refractivity contribution in [1.82, 2.24) is 14.7 Å². The third-order valence-electron chi connectivity index (χ3n) is 6.00. The minimum Gasteiger partial charge on any atom is -0.593 e. The van der Waals surface area contributed by atoms with Crippen molar-refractivity contribution in [2.75, 3.05) is 26.2 Å². The highest BCUT2D eigenvalue weighted by Gasteiger charge is 2.26. The van der Waals surface area contributed by atoms with Crippen LogP contribution in [-0.2, 0) is 22.7 Å². The van der Waals surface area contributed by atoms with Gasteiger partial charge in [-0.2, -0.15) is 0 Å². The van der Waals surface area contributed by atoms with Crippen LogP contribution >= 0.6 is 0 Å². The van der Waals surface area contributed by atoms with Gasteiger partial charge in [0.25, 0.3) is 5.91 Å². The summed E-state index contributed by atoms with van der Waals surface area (Å²) in [5.41, 5.74) is 5.77. The third kappa shape index (κ3) is 5.56. The number of piperidine rings is 1. The van der Waals surface area contributed by atoms with Crippen molar-refractivity contribution < 1.29 is 14.6 Å². The van der Waals surface area contributed by atoms with Gasteiger partial charge >= 0.3 is 0 Å². The predicted molar refractivity (Wildman–Crippen MR) is 122 cm³/mol. The summed E-state index contributed by atoms with van der Waals surface area (Å²) in [6, 6.07) is 16.6. The first kappa shape index (κ1) is 22.0. The van der Waals surface area contributed by atoms with Crippen LogP contribution in [0.5, 0.6) is 0 Å². The van der Waals surface area contributed by atoms with E-state index in [9.17, 15) is 9.35 Å². The van der Waals surface area contributed by atoms with Crippen LogP contribution in [-0.4, -0.2) is 51.1 Å². The summed E-state index contributed by atoms with van der Waals surface area (Å²) in [6.07, 6.45) is 6.14. The molecule has 0 aromatic heterocycles. The van der Waals surface area contributed by atoms with E-state index >= 15 is 0 Å². The zero-order chi connectivity index (χ0) is 21.6. The molecule has 1 fully saturated rings. The smallest absolute Gasteiger partial charge is 0.270 e. The zero-order valence-electron chi connectivity index (χ0n) is 17.6. The van der Waals surface area contributed by atoms with Gasteiger partial charge in [0.2, 0.25) is 0 Å². The van der Waals surface area contributed by atoms with Crippen molar-refractivity contribution in [3.8, 4) is 11.1 Å². The topological polar surface area (TPSA) is 78.9 Å². The molecule has 1 amide bonds. The average Bonchev–Trinajstić information content (AvgIpc) is 2.84. The van der Waals surface area contributed by atoms with Crippen molar-refractivity contribution in [2.45, 2.75) is 37.1 Å². The van der Waals surface area contributed by atoms with Crippen molar-refractivity contribution in [3.63, 3.8) is 0 Å². The van der Waals surface area contributed by atoms with Crippen LogP contribution in [0.2, 0.25) is 0 Å². The number of nitrogens with zero attached hydrogens (tertiary/aromatic N) is 2. The number of carbonyl (C=O) groups excluding carboxylic acids is 1. The van der Waals surface area contributed by atoms with Gasteiger partial charge in [0, 0.05) is 18.7 Å². The van der Waals surface area contributed by atoms with Crippen LogP contribution in [0.15, 0.2) is 65.1 Å². The van der Waals surface area contributed by atoms with E-state index in [1.54, 1.807) is 11.6 Å². The first-order valence-electron chi connectivity index (χ1n) is 10.9. The quantitative estimate of drug-likeness (QED) is 0.409. The van der Waals surface area contributed by atoms with Gasteiger partial charge in [-0.1, -0.05) is 36.8 Å². The monoisotopic (exact) mass is 439 g/mol. The summed E-state index contributed by atoms with van der Waals surface area (Å²) in [6.45, 7) is 4.33. The highest BCUT2D eigenvalue weighted by Crippen LogP contribution is 2.25. The SMILES string of the molecule is O=C(NO)C1=CCN([S+]([O-])c2ccc(-c3ccc(CN4CCCCC4)cc3)cc2)CC1. The number of nitrogens with one attached hydrogen (secondary N) is 1. The second kappa shape index (κ2) is 10.4. The molecule has 2 aromatic rings. The number of hydrogen-bond acceptors (Lipinski definition) is 5. The zero-order valence-corrected chi connectivity index (χ0v) is 18.4. The molecule has 1 atom stereocenters. The van der Waals surface area contributed by atoms with Crippen molar-refractivity contribution >= 4 is 17.3 Å². The summed E-state index contributed by atoms with van der Waals surface area (Å²) in [5.74, 6) is -0.489. The maximum atomic E-state index is 12.9. The summed E-state index contributed by atoms with van der Waals surface area (Å²) in [5, 5.41) is 8.73. The Morgan fingerprint density at radius 3 is 2.19 bits per heavy atom. The molecular formula is C24H29N3O3S. The van der Waals surface area contributed by atoms with Crippen molar-refractivity contribution in [3.05, 3.63) is 65.7 Å². The molecule has 0 aliphatic carbocycles. The molecule has 1 unspecified atom stereocenters. The molecule has 31 heavy (non-hydrogen) atoms. The highest BCUT2D eigenvalue weighted by atomic mass is 32.2. The fourth-order valence-electron chi connectivity index (χ4n) is 4.17. The Labute approximate surface area is 186 Å². The number of amides is 1. The van der Waals surface area contributed by atoms with Gasteiger partial charge in [-0.25, -0.2) is 5.48 Å². The van der Waals surface area contributed by atoms with E-state index in [0.717, 1.165) is 22.6 Å². The van der Waals surface area contributed by atoms with Crippen LogP contribution in [0, 0.1) is 0 Å².